The summed E-state index contributed by atoms with van der Waals surface area (Å²) >= 11 is 0. The van der Waals surface area contributed by atoms with E-state index >= 15 is 0 Å². The average molecular weight is 272 g/mol. The number of nitrogens with zero attached hydrogens (tertiary/aromatic N) is 1. The minimum Gasteiger partial charge on any atom is -0.313 e. The molecule has 2 saturated heterocycles. The normalized spacial score (nSPS) is 29.4. The van der Waals surface area contributed by atoms with Crippen LogP contribution in [0.2, 0.25) is 0 Å². The Balaban J connectivity index is 1.45. The SMILES string of the molecule is CC1CCC(N2CCC(Cc3ccccc3)CC2)CN1. The average Bonchev–Trinajstić information content (AvgIpc) is 2.50. The molecule has 0 aliphatic carbocycles. The number of rotatable bonds is 3. The first-order chi connectivity index (χ1) is 9.81. The first kappa shape index (κ1) is 14.1. The molecule has 2 atom stereocenters. The third-order valence-electron chi connectivity index (χ3n) is 5.17. The van der Waals surface area contributed by atoms with E-state index in [0.717, 1.165) is 18.0 Å². The summed E-state index contributed by atoms with van der Waals surface area (Å²) in [6.45, 7) is 6.11. The summed E-state index contributed by atoms with van der Waals surface area (Å²) in [7, 11) is 0. The van der Waals surface area contributed by atoms with Crippen LogP contribution in [0.25, 0.3) is 0 Å². The fraction of sp³-hybridized carbons (Fsp3) is 0.667. The van der Waals surface area contributed by atoms with E-state index in [1.807, 2.05) is 0 Å². The number of likely N-dealkylation sites (tertiary alicyclic amines) is 1. The van der Waals surface area contributed by atoms with Crippen LogP contribution in [0.5, 0.6) is 0 Å². The molecule has 0 spiro atoms. The van der Waals surface area contributed by atoms with Crippen molar-refractivity contribution in [2.75, 3.05) is 19.6 Å². The first-order valence-corrected chi connectivity index (χ1v) is 8.32. The second-order valence-electron chi connectivity index (χ2n) is 6.71. The molecule has 1 N–H and O–H groups in total. The zero-order valence-electron chi connectivity index (χ0n) is 12.7. The monoisotopic (exact) mass is 272 g/mol. The molecule has 2 heteroatoms. The molecule has 2 aliphatic heterocycles. The molecule has 2 heterocycles. The van der Waals surface area contributed by atoms with Crippen molar-refractivity contribution in [3.63, 3.8) is 0 Å². The van der Waals surface area contributed by atoms with Crippen LogP contribution in [-0.2, 0) is 6.42 Å². The van der Waals surface area contributed by atoms with Crippen LogP contribution in [0.3, 0.4) is 0 Å². The molecule has 2 nitrogen and oxygen atoms in total. The minimum atomic E-state index is 0.724. The minimum absolute atomic E-state index is 0.724. The van der Waals surface area contributed by atoms with Crippen molar-refractivity contribution in [1.82, 2.24) is 10.2 Å². The van der Waals surface area contributed by atoms with Crippen molar-refractivity contribution in [2.45, 2.75) is 51.1 Å². The molecule has 2 unspecified atom stereocenters. The molecule has 20 heavy (non-hydrogen) atoms. The lowest BCUT2D eigenvalue weighted by Gasteiger charge is -2.40. The topological polar surface area (TPSA) is 15.3 Å². The van der Waals surface area contributed by atoms with Crippen LogP contribution < -0.4 is 5.32 Å². The van der Waals surface area contributed by atoms with Crippen molar-refractivity contribution in [2.24, 2.45) is 5.92 Å². The standard InChI is InChI=1S/C18H28N2/c1-15-7-8-18(14-19-15)20-11-9-17(10-12-20)13-16-5-3-2-4-6-16/h2-6,15,17-19H,7-14H2,1H3. The molecule has 1 aromatic carbocycles. The third kappa shape index (κ3) is 3.62. The van der Waals surface area contributed by atoms with Gasteiger partial charge in [0.15, 0.2) is 0 Å². The lowest BCUT2D eigenvalue weighted by Crippen LogP contribution is -2.51. The molecular weight excluding hydrogens is 244 g/mol. The fourth-order valence-corrected chi connectivity index (χ4v) is 3.77. The molecule has 2 aliphatic rings. The Labute approximate surface area is 123 Å². The summed E-state index contributed by atoms with van der Waals surface area (Å²) in [6, 6.07) is 12.5. The van der Waals surface area contributed by atoms with Crippen LogP contribution in [-0.4, -0.2) is 36.6 Å². The Bertz CT molecular complexity index is 387. The second kappa shape index (κ2) is 6.73. The van der Waals surface area contributed by atoms with Gasteiger partial charge in [-0.15, -0.1) is 0 Å². The van der Waals surface area contributed by atoms with E-state index in [-0.39, 0.29) is 0 Å². The molecule has 0 saturated carbocycles. The number of hydrogen-bond acceptors (Lipinski definition) is 2. The van der Waals surface area contributed by atoms with Crippen molar-refractivity contribution in [3.8, 4) is 0 Å². The Hall–Kier alpha value is -0.860. The van der Waals surface area contributed by atoms with E-state index < -0.39 is 0 Å². The van der Waals surface area contributed by atoms with Crippen LogP contribution >= 0.6 is 0 Å². The highest BCUT2D eigenvalue weighted by molar-refractivity contribution is 5.15. The maximum Gasteiger partial charge on any atom is 0.0221 e. The van der Waals surface area contributed by atoms with Crippen molar-refractivity contribution in [3.05, 3.63) is 35.9 Å². The zero-order chi connectivity index (χ0) is 13.8. The summed E-state index contributed by atoms with van der Waals surface area (Å²) in [5.41, 5.74) is 1.51. The fourth-order valence-electron chi connectivity index (χ4n) is 3.77. The van der Waals surface area contributed by atoms with Gasteiger partial charge in [-0.1, -0.05) is 30.3 Å². The maximum atomic E-state index is 3.64. The van der Waals surface area contributed by atoms with Gasteiger partial charge in [0, 0.05) is 18.6 Å². The van der Waals surface area contributed by atoms with E-state index in [0.29, 0.717) is 0 Å². The Morgan fingerprint density at radius 1 is 1.05 bits per heavy atom. The number of benzene rings is 1. The highest BCUT2D eigenvalue weighted by Crippen LogP contribution is 2.25. The van der Waals surface area contributed by atoms with Gasteiger partial charge in [0.2, 0.25) is 0 Å². The van der Waals surface area contributed by atoms with Crippen LogP contribution in [0.1, 0.15) is 38.2 Å². The van der Waals surface area contributed by atoms with Gasteiger partial charge in [-0.3, -0.25) is 4.90 Å². The van der Waals surface area contributed by atoms with Crippen LogP contribution in [0, 0.1) is 5.92 Å². The number of piperidine rings is 2. The van der Waals surface area contributed by atoms with Crippen molar-refractivity contribution in [1.29, 1.82) is 0 Å². The van der Waals surface area contributed by atoms with Gasteiger partial charge >= 0.3 is 0 Å². The summed E-state index contributed by atoms with van der Waals surface area (Å²) in [5, 5.41) is 3.64. The maximum absolute atomic E-state index is 3.64. The van der Waals surface area contributed by atoms with E-state index in [9.17, 15) is 0 Å². The molecule has 0 aromatic heterocycles. The van der Waals surface area contributed by atoms with Crippen LogP contribution in [0.15, 0.2) is 30.3 Å². The largest absolute Gasteiger partial charge is 0.313 e. The first-order valence-electron chi connectivity index (χ1n) is 8.32. The number of nitrogens with one attached hydrogen (secondary N) is 1. The molecular formula is C18H28N2. The smallest absolute Gasteiger partial charge is 0.0221 e. The Morgan fingerprint density at radius 3 is 2.45 bits per heavy atom. The quantitative estimate of drug-likeness (QED) is 0.909. The van der Waals surface area contributed by atoms with E-state index in [4.69, 9.17) is 0 Å². The molecule has 3 rings (SSSR count). The van der Waals surface area contributed by atoms with Crippen LogP contribution in [0.4, 0.5) is 0 Å². The molecule has 110 valence electrons. The second-order valence-corrected chi connectivity index (χ2v) is 6.71. The predicted molar refractivity (Wildman–Crippen MR) is 84.9 cm³/mol. The Kier molecular flexibility index (Phi) is 4.74. The predicted octanol–water partition coefficient (Wildman–Crippen LogP) is 3.08. The molecule has 0 radical (unpaired) electrons. The van der Waals surface area contributed by atoms with E-state index in [2.05, 4.69) is 47.5 Å². The zero-order valence-corrected chi connectivity index (χ0v) is 12.7. The van der Waals surface area contributed by atoms with Gasteiger partial charge < -0.3 is 5.32 Å². The third-order valence-corrected chi connectivity index (χ3v) is 5.17. The van der Waals surface area contributed by atoms with Gasteiger partial charge in [0.05, 0.1) is 0 Å². The molecule has 0 bridgehead atoms. The highest BCUT2D eigenvalue weighted by Gasteiger charge is 2.27. The summed E-state index contributed by atoms with van der Waals surface area (Å²) in [4.78, 5) is 2.74. The Morgan fingerprint density at radius 2 is 1.80 bits per heavy atom. The van der Waals surface area contributed by atoms with Gasteiger partial charge in [-0.25, -0.2) is 0 Å². The van der Waals surface area contributed by atoms with Gasteiger partial charge in [-0.05, 0) is 63.6 Å². The van der Waals surface area contributed by atoms with E-state index in [1.54, 1.807) is 0 Å². The van der Waals surface area contributed by atoms with Crippen molar-refractivity contribution >= 4 is 0 Å². The molecule has 2 fully saturated rings. The lowest BCUT2D eigenvalue weighted by molar-refractivity contribution is 0.107. The molecule has 0 amide bonds. The summed E-state index contributed by atoms with van der Waals surface area (Å²) in [5.74, 6) is 0.893. The summed E-state index contributed by atoms with van der Waals surface area (Å²) in [6.07, 6.45) is 6.75. The lowest BCUT2D eigenvalue weighted by atomic mass is 9.88. The van der Waals surface area contributed by atoms with Gasteiger partial charge in [0.1, 0.15) is 0 Å². The van der Waals surface area contributed by atoms with E-state index in [1.165, 1.54) is 57.3 Å². The van der Waals surface area contributed by atoms with Crippen molar-refractivity contribution < 1.29 is 0 Å². The molecule has 1 aromatic rings. The van der Waals surface area contributed by atoms with Gasteiger partial charge in [-0.2, -0.15) is 0 Å². The van der Waals surface area contributed by atoms with Gasteiger partial charge in [0.25, 0.3) is 0 Å². The highest BCUT2D eigenvalue weighted by atomic mass is 15.2. The summed E-state index contributed by atoms with van der Waals surface area (Å²) < 4.78 is 0. The number of hydrogen-bond donors (Lipinski definition) is 1.